The summed E-state index contributed by atoms with van der Waals surface area (Å²) in [6.07, 6.45) is -0.287. The molecule has 1 atom stereocenters. The molecule has 4 heteroatoms. The minimum atomic E-state index is -0.465. The molecule has 0 aliphatic carbocycles. The fourth-order valence-corrected chi connectivity index (χ4v) is 1.93. The first-order valence-corrected chi connectivity index (χ1v) is 5.90. The van der Waals surface area contributed by atoms with Crippen molar-refractivity contribution < 1.29 is 19.3 Å². The molecule has 1 aromatic rings. The zero-order valence-electron chi connectivity index (χ0n) is 11.6. The van der Waals surface area contributed by atoms with Crippen LogP contribution in [0.2, 0.25) is 0 Å². The molecule has 1 unspecified atom stereocenters. The predicted molar refractivity (Wildman–Crippen MR) is 68.5 cm³/mol. The summed E-state index contributed by atoms with van der Waals surface area (Å²) in [6.45, 7) is 7.90. The van der Waals surface area contributed by atoms with Gasteiger partial charge in [0.1, 0.15) is 6.10 Å². The Morgan fingerprint density at radius 2 is 1.78 bits per heavy atom. The molecule has 1 rings (SSSR count). The summed E-state index contributed by atoms with van der Waals surface area (Å²) in [6, 6.07) is 3.89. The molecule has 0 spiro atoms. The van der Waals surface area contributed by atoms with Gasteiger partial charge in [0.15, 0.2) is 0 Å². The zero-order chi connectivity index (χ0) is 13.7. The number of rotatable bonds is 5. The summed E-state index contributed by atoms with van der Waals surface area (Å²) in [4.78, 5) is 21.7. The van der Waals surface area contributed by atoms with Crippen LogP contribution < -0.4 is 0 Å². The molecule has 0 amide bonds. The fourth-order valence-electron chi connectivity index (χ4n) is 1.93. The second-order valence-electron chi connectivity index (χ2n) is 4.51. The number of aryl methyl sites for hydroxylation is 3. The molecule has 0 saturated heterocycles. The second kappa shape index (κ2) is 6.52. The summed E-state index contributed by atoms with van der Waals surface area (Å²) >= 11 is 0. The first kappa shape index (κ1) is 14.7. The minimum absolute atomic E-state index is 0.287. The van der Waals surface area contributed by atoms with Crippen molar-refractivity contribution >= 4 is 5.97 Å². The maximum absolute atomic E-state index is 11.9. The number of ether oxygens (including phenoxy) is 1. The van der Waals surface area contributed by atoms with Crippen molar-refractivity contribution in [3.63, 3.8) is 0 Å². The van der Waals surface area contributed by atoms with E-state index in [2.05, 4.69) is 0 Å². The molecule has 0 fully saturated rings. The van der Waals surface area contributed by atoms with Crippen molar-refractivity contribution in [2.75, 3.05) is 13.7 Å². The topological polar surface area (TPSA) is 44.8 Å². The molecule has 0 bridgehead atoms. The summed E-state index contributed by atoms with van der Waals surface area (Å²) in [5, 5.41) is 0. The Bertz CT molecular complexity index is 403. The lowest BCUT2D eigenvalue weighted by Crippen LogP contribution is -2.19. The van der Waals surface area contributed by atoms with Crippen LogP contribution in [0.4, 0.5) is 0 Å². The zero-order valence-corrected chi connectivity index (χ0v) is 11.6. The lowest BCUT2D eigenvalue weighted by Gasteiger charge is -2.12. The Morgan fingerprint density at radius 3 is 2.28 bits per heavy atom. The van der Waals surface area contributed by atoms with Gasteiger partial charge in [0.05, 0.1) is 12.2 Å². The van der Waals surface area contributed by atoms with Crippen LogP contribution in [-0.4, -0.2) is 25.8 Å². The van der Waals surface area contributed by atoms with E-state index in [0.29, 0.717) is 12.2 Å². The van der Waals surface area contributed by atoms with Crippen molar-refractivity contribution in [1.29, 1.82) is 0 Å². The van der Waals surface area contributed by atoms with E-state index in [-0.39, 0.29) is 6.10 Å². The quantitative estimate of drug-likeness (QED) is 0.597. The maximum Gasteiger partial charge on any atom is 0.373 e. The number of hydrogen-bond donors (Lipinski definition) is 0. The molecule has 18 heavy (non-hydrogen) atoms. The minimum Gasteiger partial charge on any atom is -0.382 e. The number of carbonyl (C=O) groups is 1. The highest BCUT2D eigenvalue weighted by Gasteiger charge is 2.16. The van der Waals surface area contributed by atoms with E-state index < -0.39 is 5.97 Å². The molecule has 1 aromatic carbocycles. The monoisotopic (exact) mass is 252 g/mol. The first-order chi connectivity index (χ1) is 8.45. The molecular formula is C14H20O4. The highest BCUT2D eigenvalue weighted by atomic mass is 17.2. The molecule has 0 aromatic heterocycles. The Balaban J connectivity index is 2.73. The van der Waals surface area contributed by atoms with Gasteiger partial charge in [-0.1, -0.05) is 17.7 Å². The summed E-state index contributed by atoms with van der Waals surface area (Å²) < 4.78 is 4.89. The summed E-state index contributed by atoms with van der Waals surface area (Å²) in [7, 11) is 1.57. The lowest BCUT2D eigenvalue weighted by molar-refractivity contribution is -0.276. The average molecular weight is 252 g/mol. The number of carbonyl (C=O) groups excluding carboxylic acids is 1. The van der Waals surface area contributed by atoms with E-state index in [1.54, 1.807) is 14.0 Å². The molecule has 0 heterocycles. The van der Waals surface area contributed by atoms with Crippen LogP contribution in [0, 0.1) is 20.8 Å². The SMILES string of the molecule is COCC(C)OOC(=O)c1c(C)cc(C)cc1C. The van der Waals surface area contributed by atoms with Crippen LogP contribution >= 0.6 is 0 Å². The normalized spacial score (nSPS) is 12.3. The van der Waals surface area contributed by atoms with Crippen molar-refractivity contribution in [3.05, 3.63) is 34.4 Å². The van der Waals surface area contributed by atoms with E-state index >= 15 is 0 Å². The van der Waals surface area contributed by atoms with Crippen LogP contribution in [0.3, 0.4) is 0 Å². The lowest BCUT2D eigenvalue weighted by atomic mass is 10.0. The van der Waals surface area contributed by atoms with E-state index in [9.17, 15) is 4.79 Å². The van der Waals surface area contributed by atoms with E-state index in [4.69, 9.17) is 14.5 Å². The molecule has 0 aliphatic rings. The van der Waals surface area contributed by atoms with Gasteiger partial charge in [-0.3, -0.25) is 4.89 Å². The standard InChI is InChI=1S/C14H20O4/c1-9-6-10(2)13(11(3)7-9)14(15)18-17-12(4)8-16-5/h6-7,12H,8H2,1-5H3. The van der Waals surface area contributed by atoms with Crippen LogP contribution in [0.1, 0.15) is 34.0 Å². The van der Waals surface area contributed by atoms with Gasteiger partial charge in [0.25, 0.3) is 0 Å². The number of benzene rings is 1. The Labute approximate surface area is 108 Å². The molecule has 0 radical (unpaired) electrons. The van der Waals surface area contributed by atoms with Gasteiger partial charge in [-0.05, 0) is 38.8 Å². The van der Waals surface area contributed by atoms with Gasteiger partial charge in [-0.15, -0.1) is 0 Å². The molecule has 4 nitrogen and oxygen atoms in total. The summed E-state index contributed by atoms with van der Waals surface area (Å²) in [5.74, 6) is -0.465. The predicted octanol–water partition coefficient (Wildman–Crippen LogP) is 2.74. The van der Waals surface area contributed by atoms with Crippen molar-refractivity contribution in [2.24, 2.45) is 0 Å². The van der Waals surface area contributed by atoms with Gasteiger partial charge in [-0.2, -0.15) is 4.89 Å². The summed E-state index contributed by atoms with van der Waals surface area (Å²) in [5.41, 5.74) is 3.46. The van der Waals surface area contributed by atoms with Crippen LogP contribution in [0.5, 0.6) is 0 Å². The third-order valence-electron chi connectivity index (χ3n) is 2.57. The molecule has 0 saturated carbocycles. The van der Waals surface area contributed by atoms with Gasteiger partial charge < -0.3 is 4.74 Å². The average Bonchev–Trinajstić information content (AvgIpc) is 2.25. The second-order valence-corrected chi connectivity index (χ2v) is 4.51. The number of methoxy groups -OCH3 is 1. The highest BCUT2D eigenvalue weighted by Crippen LogP contribution is 2.17. The molecule has 0 N–H and O–H groups in total. The molecule has 100 valence electrons. The van der Waals surface area contributed by atoms with Gasteiger partial charge in [0.2, 0.25) is 0 Å². The largest absolute Gasteiger partial charge is 0.382 e. The first-order valence-electron chi connectivity index (χ1n) is 5.90. The van der Waals surface area contributed by atoms with Crippen LogP contribution in [0.25, 0.3) is 0 Å². The Kier molecular flexibility index (Phi) is 5.31. The van der Waals surface area contributed by atoms with E-state index in [0.717, 1.165) is 16.7 Å². The van der Waals surface area contributed by atoms with Crippen molar-refractivity contribution in [3.8, 4) is 0 Å². The van der Waals surface area contributed by atoms with E-state index in [1.807, 2.05) is 32.9 Å². The number of hydrogen-bond acceptors (Lipinski definition) is 4. The molecule has 0 aliphatic heterocycles. The van der Waals surface area contributed by atoms with E-state index in [1.165, 1.54) is 0 Å². The van der Waals surface area contributed by atoms with Crippen molar-refractivity contribution in [2.45, 2.75) is 33.8 Å². The third kappa shape index (κ3) is 3.82. The Morgan fingerprint density at radius 1 is 1.22 bits per heavy atom. The van der Waals surface area contributed by atoms with Gasteiger partial charge in [0, 0.05) is 7.11 Å². The smallest absolute Gasteiger partial charge is 0.373 e. The fraction of sp³-hybridized carbons (Fsp3) is 0.500. The highest BCUT2D eigenvalue weighted by molar-refractivity contribution is 5.92. The third-order valence-corrected chi connectivity index (χ3v) is 2.57. The van der Waals surface area contributed by atoms with Crippen LogP contribution in [0.15, 0.2) is 12.1 Å². The van der Waals surface area contributed by atoms with Crippen molar-refractivity contribution in [1.82, 2.24) is 0 Å². The van der Waals surface area contributed by atoms with Crippen LogP contribution in [-0.2, 0) is 14.5 Å². The maximum atomic E-state index is 11.9. The molecular weight excluding hydrogens is 232 g/mol. The van der Waals surface area contributed by atoms with Gasteiger partial charge >= 0.3 is 5.97 Å². The Hall–Kier alpha value is -1.39. The van der Waals surface area contributed by atoms with Gasteiger partial charge in [-0.25, -0.2) is 4.79 Å².